The fourth-order valence-corrected chi connectivity index (χ4v) is 3.20. The van der Waals surface area contributed by atoms with Gasteiger partial charge in [0.25, 0.3) is 0 Å². The molecule has 150 valence electrons. The molecule has 0 bridgehead atoms. The van der Waals surface area contributed by atoms with E-state index in [1.807, 2.05) is 44.3 Å². The lowest BCUT2D eigenvalue weighted by Crippen LogP contribution is -2.27. The Kier molecular flexibility index (Phi) is 6.33. The first kappa shape index (κ1) is 21.7. The summed E-state index contributed by atoms with van der Waals surface area (Å²) in [5.74, 6) is 0.733. The molecular formula is C18H18BF4NO3S. The number of benzene rings is 2. The van der Waals surface area contributed by atoms with Gasteiger partial charge in [0.1, 0.15) is 5.56 Å². The molecule has 0 saturated heterocycles. The molecule has 0 aliphatic rings. The molecule has 0 saturated carbocycles. The van der Waals surface area contributed by atoms with Crippen molar-refractivity contribution in [3.05, 3.63) is 60.3 Å². The normalized spacial score (nSPS) is 11.7. The summed E-state index contributed by atoms with van der Waals surface area (Å²) in [6.45, 7) is 2.00. The number of hydrogen-bond acceptors (Lipinski definition) is 3. The van der Waals surface area contributed by atoms with Gasteiger partial charge in [0.2, 0.25) is 11.5 Å². The summed E-state index contributed by atoms with van der Waals surface area (Å²) in [7, 11) is -7.35. The second-order valence-electron chi connectivity index (χ2n) is 6.04. The highest BCUT2D eigenvalue weighted by Crippen LogP contribution is 2.34. The van der Waals surface area contributed by atoms with Gasteiger partial charge in [-0.1, -0.05) is 30.3 Å². The van der Waals surface area contributed by atoms with E-state index in [1.165, 1.54) is 6.26 Å². The topological polar surface area (TPSA) is 51.2 Å². The van der Waals surface area contributed by atoms with E-state index in [4.69, 9.17) is 4.52 Å². The van der Waals surface area contributed by atoms with Crippen molar-refractivity contribution in [2.45, 2.75) is 11.8 Å². The highest BCUT2D eigenvalue weighted by Gasteiger charge is 2.25. The van der Waals surface area contributed by atoms with E-state index < -0.39 is 17.1 Å². The quantitative estimate of drug-likeness (QED) is 0.361. The molecule has 0 spiro atoms. The first-order valence-electron chi connectivity index (χ1n) is 8.11. The molecule has 10 heteroatoms. The predicted octanol–water partition coefficient (Wildman–Crippen LogP) is 4.45. The van der Waals surface area contributed by atoms with E-state index in [9.17, 15) is 25.7 Å². The minimum absolute atomic E-state index is 0.301. The number of aryl methyl sites for hydroxylation is 1. The van der Waals surface area contributed by atoms with Crippen LogP contribution < -0.4 is 4.74 Å². The summed E-state index contributed by atoms with van der Waals surface area (Å²) >= 11 is 0. The van der Waals surface area contributed by atoms with Crippen LogP contribution in [0.1, 0.15) is 5.69 Å². The zero-order valence-electron chi connectivity index (χ0n) is 15.4. The lowest BCUT2D eigenvalue weighted by molar-refractivity contribution is -0.847. The van der Waals surface area contributed by atoms with Gasteiger partial charge >= 0.3 is 7.25 Å². The van der Waals surface area contributed by atoms with Gasteiger partial charge in [0.15, 0.2) is 16.9 Å². The standard InChI is InChI=1S/C18H18NO3S.BF4/c1-13-17(14-7-5-4-6-8-14)18(22-19(13)2)15-9-11-16(12-10-15)23(3,20)21;2-1(3,4)5/h4-12H,1-3H3;/q+1;-1. The van der Waals surface area contributed by atoms with Crippen molar-refractivity contribution in [3.8, 4) is 22.5 Å². The van der Waals surface area contributed by atoms with Crippen molar-refractivity contribution in [2.24, 2.45) is 7.05 Å². The second-order valence-corrected chi connectivity index (χ2v) is 8.05. The zero-order valence-corrected chi connectivity index (χ0v) is 16.2. The van der Waals surface area contributed by atoms with Gasteiger partial charge in [-0.3, -0.25) is 0 Å². The maximum absolute atomic E-state index is 11.6. The average Bonchev–Trinajstić information content (AvgIpc) is 2.89. The lowest BCUT2D eigenvalue weighted by atomic mass is 10.00. The highest BCUT2D eigenvalue weighted by molar-refractivity contribution is 7.90. The molecule has 0 aliphatic heterocycles. The summed E-state index contributed by atoms with van der Waals surface area (Å²) in [4.78, 5) is 0.301. The largest absolute Gasteiger partial charge is 0.673 e. The second kappa shape index (κ2) is 8.18. The Balaban J connectivity index is 0.000000500. The molecule has 0 fully saturated rings. The molecule has 1 heterocycles. The molecule has 28 heavy (non-hydrogen) atoms. The molecule has 2 aromatic carbocycles. The molecular weight excluding hydrogens is 397 g/mol. The van der Waals surface area contributed by atoms with E-state index in [1.54, 1.807) is 29.0 Å². The average molecular weight is 415 g/mol. The van der Waals surface area contributed by atoms with Gasteiger partial charge in [-0.05, 0) is 34.6 Å². The lowest BCUT2D eigenvalue weighted by Gasteiger charge is -2.02. The van der Waals surface area contributed by atoms with Crippen LogP contribution in [0.3, 0.4) is 0 Å². The van der Waals surface area contributed by atoms with E-state index in [-0.39, 0.29) is 0 Å². The van der Waals surface area contributed by atoms with Crippen LogP contribution in [-0.4, -0.2) is 21.9 Å². The first-order chi connectivity index (χ1) is 12.9. The van der Waals surface area contributed by atoms with E-state index >= 15 is 0 Å². The third-order valence-electron chi connectivity index (χ3n) is 3.90. The maximum atomic E-state index is 11.6. The molecule has 3 aromatic rings. The molecule has 4 nitrogen and oxygen atoms in total. The Hall–Kier alpha value is -2.62. The van der Waals surface area contributed by atoms with Crippen LogP contribution in [0, 0.1) is 6.92 Å². The Morgan fingerprint density at radius 1 is 0.893 bits per heavy atom. The van der Waals surface area contributed by atoms with Gasteiger partial charge in [0, 0.05) is 18.7 Å². The SMILES string of the molecule is Cc1c(-c2ccccc2)c(-c2ccc(S(C)(=O)=O)cc2)o[n+]1C.F[B-](F)(F)F. The first-order valence-corrected chi connectivity index (χ1v) is 10.00. The summed E-state index contributed by atoms with van der Waals surface area (Å²) in [6, 6.07) is 16.8. The van der Waals surface area contributed by atoms with Crippen LogP contribution in [0.4, 0.5) is 17.3 Å². The number of nitrogens with zero attached hydrogens (tertiary/aromatic N) is 1. The highest BCUT2D eigenvalue weighted by atomic mass is 32.2. The minimum atomic E-state index is -6.00. The molecule has 0 aliphatic carbocycles. The van der Waals surface area contributed by atoms with E-state index in [0.717, 1.165) is 28.1 Å². The van der Waals surface area contributed by atoms with Crippen LogP contribution in [0.5, 0.6) is 0 Å². The van der Waals surface area contributed by atoms with Crippen LogP contribution in [0.25, 0.3) is 22.5 Å². The van der Waals surface area contributed by atoms with Crippen molar-refractivity contribution in [3.63, 3.8) is 0 Å². The summed E-state index contributed by atoms with van der Waals surface area (Å²) in [5.41, 5.74) is 3.94. The predicted molar refractivity (Wildman–Crippen MR) is 98.8 cm³/mol. The van der Waals surface area contributed by atoms with Crippen molar-refractivity contribution in [2.75, 3.05) is 6.26 Å². The molecule has 0 amide bonds. The number of aromatic nitrogens is 1. The van der Waals surface area contributed by atoms with Gasteiger partial charge in [-0.25, -0.2) is 12.9 Å². The van der Waals surface area contributed by atoms with E-state index in [2.05, 4.69) is 0 Å². The Labute approximate surface area is 160 Å². The molecule has 3 rings (SSSR count). The van der Waals surface area contributed by atoms with Gasteiger partial charge in [-0.2, -0.15) is 0 Å². The van der Waals surface area contributed by atoms with Gasteiger partial charge < -0.3 is 17.3 Å². The van der Waals surface area contributed by atoms with Crippen LogP contribution in [-0.2, 0) is 16.9 Å². The number of sulfone groups is 1. The fourth-order valence-electron chi connectivity index (χ4n) is 2.57. The smallest absolute Gasteiger partial charge is 0.418 e. The Morgan fingerprint density at radius 2 is 1.39 bits per heavy atom. The molecule has 0 N–H and O–H groups in total. The van der Waals surface area contributed by atoms with Crippen LogP contribution in [0.15, 0.2) is 64.0 Å². The fraction of sp³-hybridized carbons (Fsp3) is 0.167. The zero-order chi connectivity index (χ0) is 21.1. The van der Waals surface area contributed by atoms with Crippen LogP contribution >= 0.6 is 0 Å². The minimum Gasteiger partial charge on any atom is -0.418 e. The van der Waals surface area contributed by atoms with Crippen molar-refractivity contribution < 1.29 is 34.9 Å². The molecule has 0 radical (unpaired) electrons. The van der Waals surface area contributed by atoms with Crippen LogP contribution in [0.2, 0.25) is 0 Å². The Morgan fingerprint density at radius 3 is 1.86 bits per heavy atom. The number of halogens is 4. The Bertz CT molecular complexity index is 1040. The van der Waals surface area contributed by atoms with Gasteiger partial charge in [0.05, 0.1) is 4.90 Å². The molecule has 0 unspecified atom stereocenters. The molecule has 1 aromatic heterocycles. The van der Waals surface area contributed by atoms with Crippen molar-refractivity contribution in [1.82, 2.24) is 0 Å². The summed E-state index contributed by atoms with van der Waals surface area (Å²) < 4.78 is 69.8. The van der Waals surface area contributed by atoms with E-state index in [0.29, 0.717) is 4.90 Å². The third kappa shape index (κ3) is 5.69. The van der Waals surface area contributed by atoms with Gasteiger partial charge in [-0.15, -0.1) is 0 Å². The van der Waals surface area contributed by atoms with Crippen molar-refractivity contribution >= 4 is 17.1 Å². The molecule has 0 atom stereocenters. The number of hydrogen-bond donors (Lipinski definition) is 0. The van der Waals surface area contributed by atoms with Crippen molar-refractivity contribution in [1.29, 1.82) is 0 Å². The number of rotatable bonds is 3. The maximum Gasteiger partial charge on any atom is 0.673 e. The summed E-state index contributed by atoms with van der Waals surface area (Å²) in [5, 5.41) is 0. The third-order valence-corrected chi connectivity index (χ3v) is 5.03. The summed E-state index contributed by atoms with van der Waals surface area (Å²) in [6.07, 6.45) is 1.20. The monoisotopic (exact) mass is 415 g/mol.